The van der Waals surface area contributed by atoms with Crippen molar-refractivity contribution in [1.82, 2.24) is 24.9 Å². The third kappa shape index (κ3) is 4.41. The Labute approximate surface area is 235 Å². The van der Waals surface area contributed by atoms with Crippen LogP contribution < -0.4 is 15.1 Å². The summed E-state index contributed by atoms with van der Waals surface area (Å²) in [4.78, 5) is 38.4. The van der Waals surface area contributed by atoms with Crippen LogP contribution in [0.1, 0.15) is 16.8 Å². The van der Waals surface area contributed by atoms with Crippen LogP contribution in [0.5, 0.6) is 0 Å². The van der Waals surface area contributed by atoms with Crippen molar-refractivity contribution < 1.29 is 4.79 Å². The van der Waals surface area contributed by atoms with Crippen molar-refractivity contribution in [3.8, 4) is 11.4 Å². The lowest BCUT2D eigenvalue weighted by Gasteiger charge is -2.35. The summed E-state index contributed by atoms with van der Waals surface area (Å²) in [5, 5.41) is 3.16. The average molecular weight is 634 g/mol. The molecule has 6 rings (SSSR count). The van der Waals surface area contributed by atoms with Gasteiger partial charge in [0.25, 0.3) is 0 Å². The second kappa shape index (κ2) is 9.48. The Kier molecular flexibility index (Phi) is 6.11. The molecule has 0 atom stereocenters. The number of aromatic amines is 1. The van der Waals surface area contributed by atoms with Crippen LogP contribution in [0.2, 0.25) is 0 Å². The minimum Gasteiger partial charge on any atom is -0.338 e. The van der Waals surface area contributed by atoms with Gasteiger partial charge >= 0.3 is 6.03 Å². The number of carbonyl (C=O) groups excluding carboxylic acids is 1. The molecule has 3 aromatic heterocycles. The van der Waals surface area contributed by atoms with E-state index in [2.05, 4.69) is 57.1 Å². The van der Waals surface area contributed by atoms with Crippen molar-refractivity contribution >= 4 is 72.1 Å². The van der Waals surface area contributed by atoms with Gasteiger partial charge in [-0.25, -0.2) is 14.8 Å². The summed E-state index contributed by atoms with van der Waals surface area (Å²) in [6.07, 6.45) is 3.49. The Morgan fingerprint density at radius 3 is 2.58 bits per heavy atom. The number of imidazole rings is 1. The van der Waals surface area contributed by atoms with Gasteiger partial charge < -0.3 is 10.3 Å². The summed E-state index contributed by atoms with van der Waals surface area (Å²) in [7, 11) is 1.73. The third-order valence-electron chi connectivity index (χ3n) is 6.47. The first-order chi connectivity index (χ1) is 18.3. The first kappa shape index (κ1) is 24.5. The van der Waals surface area contributed by atoms with Gasteiger partial charge in [-0.3, -0.25) is 14.8 Å². The molecule has 190 valence electrons. The zero-order chi connectivity index (χ0) is 26.6. The predicted octanol–water partition coefficient (Wildman–Crippen LogP) is 6.88. The van der Waals surface area contributed by atoms with Gasteiger partial charge in [0.1, 0.15) is 11.6 Å². The molecule has 0 unspecified atom stereocenters. The number of nitrogens with one attached hydrogen (secondary N) is 2. The monoisotopic (exact) mass is 632 g/mol. The Morgan fingerprint density at radius 2 is 1.79 bits per heavy atom. The molecule has 1 aliphatic rings. The van der Waals surface area contributed by atoms with Crippen LogP contribution in [-0.4, -0.2) is 38.0 Å². The number of halogens is 2. The number of hydrogen-bond acceptors (Lipinski definition) is 6. The van der Waals surface area contributed by atoms with E-state index in [-0.39, 0.29) is 6.03 Å². The Balaban J connectivity index is 1.32. The molecule has 0 radical (unpaired) electrons. The fourth-order valence-electron chi connectivity index (χ4n) is 4.42. The number of pyridine rings is 1. The topological polar surface area (TPSA) is 103 Å². The Bertz CT molecular complexity index is 1680. The number of amides is 2. The van der Waals surface area contributed by atoms with Gasteiger partial charge in [0.2, 0.25) is 5.95 Å². The fourth-order valence-corrected chi connectivity index (χ4v) is 5.09. The molecule has 2 aromatic carbocycles. The summed E-state index contributed by atoms with van der Waals surface area (Å²) in [5.74, 6) is 1.71. The largest absolute Gasteiger partial charge is 0.338 e. The molecule has 0 saturated carbocycles. The molecule has 5 aromatic rings. The second-order valence-corrected chi connectivity index (χ2v) is 10.9. The van der Waals surface area contributed by atoms with Crippen molar-refractivity contribution in [2.45, 2.75) is 20.4 Å². The molecule has 0 fully saturated rings. The minimum absolute atomic E-state index is 0.170. The highest BCUT2D eigenvalue weighted by molar-refractivity contribution is 9.13. The first-order valence-electron chi connectivity index (χ1n) is 11.8. The van der Waals surface area contributed by atoms with Crippen molar-refractivity contribution in [2.24, 2.45) is 0 Å². The quantitative estimate of drug-likeness (QED) is 0.224. The molecule has 4 heterocycles. The minimum atomic E-state index is -0.170. The molecule has 2 N–H and O–H groups in total. The van der Waals surface area contributed by atoms with E-state index in [9.17, 15) is 4.79 Å². The highest BCUT2D eigenvalue weighted by atomic mass is 79.9. The number of hydrogen-bond donors (Lipinski definition) is 2. The summed E-state index contributed by atoms with van der Waals surface area (Å²) >= 11 is 7.08. The number of nitrogens with zero attached hydrogens (tertiary/aromatic N) is 6. The van der Waals surface area contributed by atoms with Gasteiger partial charge in [-0.2, -0.15) is 4.98 Å². The molecule has 38 heavy (non-hydrogen) atoms. The normalized spacial score (nSPS) is 13.2. The second-order valence-electron chi connectivity index (χ2n) is 9.15. The summed E-state index contributed by atoms with van der Waals surface area (Å²) in [5.41, 5.74) is 6.99. The van der Waals surface area contributed by atoms with E-state index < -0.39 is 0 Å². The van der Waals surface area contributed by atoms with Gasteiger partial charge in [-0.05, 0) is 81.6 Å². The van der Waals surface area contributed by atoms with Crippen LogP contribution in [0, 0.1) is 13.8 Å². The Morgan fingerprint density at radius 1 is 0.974 bits per heavy atom. The van der Waals surface area contributed by atoms with E-state index in [1.54, 1.807) is 29.2 Å². The summed E-state index contributed by atoms with van der Waals surface area (Å²) < 4.78 is 1.88. The molecule has 9 nitrogen and oxygen atoms in total. The standard InChI is InChI=1S/C27H22Br2N8O/c1-14-4-6-16(24-33-21-9-19(28)20(29)10-22(21)34-24)8-23(14)37-13-17-11-31-26(35-25(17)36(3)27(37)38)32-18-7-5-15(2)30-12-18/h4-12H,13H2,1-3H3,(H,33,34)(H,31,32,35). The molecule has 1 aliphatic heterocycles. The van der Waals surface area contributed by atoms with Crippen molar-refractivity contribution in [3.63, 3.8) is 0 Å². The number of benzene rings is 2. The lowest BCUT2D eigenvalue weighted by atomic mass is 10.1. The number of rotatable bonds is 4. The number of anilines is 4. The van der Waals surface area contributed by atoms with Gasteiger partial charge in [-0.1, -0.05) is 12.1 Å². The molecule has 2 amide bonds. The van der Waals surface area contributed by atoms with E-state index in [0.717, 1.165) is 59.6 Å². The molecule has 0 bridgehead atoms. The lowest BCUT2D eigenvalue weighted by molar-refractivity contribution is 0.251. The van der Waals surface area contributed by atoms with Crippen LogP contribution in [0.4, 0.5) is 27.9 Å². The number of aromatic nitrogens is 5. The maximum absolute atomic E-state index is 13.5. The van der Waals surface area contributed by atoms with E-state index in [0.29, 0.717) is 18.3 Å². The van der Waals surface area contributed by atoms with Crippen LogP contribution in [0.15, 0.2) is 63.8 Å². The van der Waals surface area contributed by atoms with Crippen molar-refractivity contribution in [3.05, 3.63) is 80.6 Å². The van der Waals surface area contributed by atoms with Crippen LogP contribution in [0.25, 0.3) is 22.4 Å². The van der Waals surface area contributed by atoms with Gasteiger partial charge in [0.15, 0.2) is 0 Å². The summed E-state index contributed by atoms with van der Waals surface area (Å²) in [6.45, 7) is 4.28. The number of urea groups is 1. The molecule has 0 saturated heterocycles. The van der Waals surface area contributed by atoms with Gasteiger partial charge in [0, 0.05) is 44.7 Å². The highest BCUT2D eigenvalue weighted by Gasteiger charge is 2.31. The van der Waals surface area contributed by atoms with Crippen LogP contribution in [0.3, 0.4) is 0 Å². The van der Waals surface area contributed by atoms with E-state index in [4.69, 9.17) is 4.98 Å². The van der Waals surface area contributed by atoms with Crippen molar-refractivity contribution in [2.75, 3.05) is 22.2 Å². The summed E-state index contributed by atoms with van der Waals surface area (Å²) in [6, 6.07) is 13.6. The fraction of sp³-hybridized carbons (Fsp3) is 0.148. The zero-order valence-corrected chi connectivity index (χ0v) is 23.9. The highest BCUT2D eigenvalue weighted by Crippen LogP contribution is 2.35. The maximum Gasteiger partial charge on any atom is 0.330 e. The number of fused-ring (bicyclic) bond motifs is 2. The number of H-pyrrole nitrogens is 1. The van der Waals surface area contributed by atoms with E-state index in [1.807, 2.05) is 56.3 Å². The SMILES string of the molecule is Cc1ccc(Nc2ncc3c(n2)N(C)C(=O)N(c2cc(-c4nc5cc(Br)c(Br)cc5[nH]4)ccc2C)C3)cn1. The Hall–Kier alpha value is -3.83. The average Bonchev–Trinajstić information content (AvgIpc) is 3.31. The molecular formula is C27H22Br2N8O. The maximum atomic E-state index is 13.5. The lowest BCUT2D eigenvalue weighted by Crippen LogP contribution is -2.46. The molecule has 0 spiro atoms. The first-order valence-corrected chi connectivity index (χ1v) is 13.4. The van der Waals surface area contributed by atoms with E-state index in [1.165, 1.54) is 0 Å². The molecule has 0 aliphatic carbocycles. The van der Waals surface area contributed by atoms with Crippen molar-refractivity contribution in [1.29, 1.82) is 0 Å². The smallest absolute Gasteiger partial charge is 0.330 e. The predicted molar refractivity (Wildman–Crippen MR) is 156 cm³/mol. The number of carbonyl (C=O) groups is 1. The zero-order valence-electron chi connectivity index (χ0n) is 20.8. The van der Waals surface area contributed by atoms with Crippen LogP contribution >= 0.6 is 31.9 Å². The van der Waals surface area contributed by atoms with E-state index >= 15 is 0 Å². The van der Waals surface area contributed by atoms with Crippen LogP contribution in [-0.2, 0) is 6.54 Å². The molecular weight excluding hydrogens is 612 g/mol. The van der Waals surface area contributed by atoms with Gasteiger partial charge in [0.05, 0.1) is 29.5 Å². The third-order valence-corrected chi connectivity index (χ3v) is 8.31. The number of aryl methyl sites for hydroxylation is 2. The molecule has 11 heteroatoms. The van der Waals surface area contributed by atoms with Gasteiger partial charge in [-0.15, -0.1) is 0 Å².